The molecule has 4 rings (SSSR count). The summed E-state index contributed by atoms with van der Waals surface area (Å²) in [5.74, 6) is -0.583. The number of amidine groups is 1. The number of amides is 2. The van der Waals surface area contributed by atoms with Crippen molar-refractivity contribution < 1.29 is 19.1 Å². The number of ether oxygens (including phenoxy) is 1. The molecule has 8 heteroatoms. The number of fused-ring (bicyclic) bond motifs is 1. The van der Waals surface area contributed by atoms with Crippen LogP contribution in [-0.2, 0) is 16.1 Å². The zero-order chi connectivity index (χ0) is 28.5. The summed E-state index contributed by atoms with van der Waals surface area (Å²) in [4.78, 5) is 45.2. The predicted molar refractivity (Wildman–Crippen MR) is 157 cm³/mol. The maximum atomic E-state index is 13.2. The van der Waals surface area contributed by atoms with Crippen molar-refractivity contribution in [3.63, 3.8) is 0 Å². The molecule has 3 aromatic carbocycles. The third kappa shape index (κ3) is 7.22. The summed E-state index contributed by atoms with van der Waals surface area (Å²) >= 11 is 0. The molecule has 0 spiro atoms. The molecular formula is C32H34N4O4. The second-order valence-corrected chi connectivity index (χ2v) is 9.61. The molecule has 0 saturated heterocycles. The summed E-state index contributed by atoms with van der Waals surface area (Å²) in [6.45, 7) is 5.61. The van der Waals surface area contributed by atoms with Crippen LogP contribution in [0.5, 0.6) is 0 Å². The molecule has 1 heterocycles. The molecule has 3 N–H and O–H groups in total. The first-order valence-electron chi connectivity index (χ1n) is 13.5. The Morgan fingerprint density at radius 1 is 0.925 bits per heavy atom. The fourth-order valence-corrected chi connectivity index (χ4v) is 4.46. The van der Waals surface area contributed by atoms with Crippen LogP contribution >= 0.6 is 0 Å². The first kappa shape index (κ1) is 28.3. The summed E-state index contributed by atoms with van der Waals surface area (Å²) in [6, 6.07) is 21.1. The highest BCUT2D eigenvalue weighted by Gasteiger charge is 2.21. The van der Waals surface area contributed by atoms with Gasteiger partial charge in [-0.3, -0.25) is 9.59 Å². The lowest BCUT2D eigenvalue weighted by Gasteiger charge is -2.22. The highest BCUT2D eigenvalue weighted by molar-refractivity contribution is 6.08. The van der Waals surface area contributed by atoms with Crippen LogP contribution in [0.25, 0.3) is 6.08 Å². The van der Waals surface area contributed by atoms with Crippen molar-refractivity contribution >= 4 is 41.1 Å². The summed E-state index contributed by atoms with van der Waals surface area (Å²) in [5.41, 5.74) is 10.0. The standard InChI is InChI=1S/C32H34N4O4/c1-3-15-36(16-4-2)31(38)26-17-23-13-14-24(19-28(23)35-29(33)20-26)30(37)34-27-12-8-11-25(18-27)32(39)40-21-22-9-6-5-7-10-22/h5-14,17-19H,3-4,15-16,20-21H2,1-2H3,(H2,33,35)(H,34,37). The minimum absolute atomic E-state index is 0.0429. The third-order valence-electron chi connectivity index (χ3n) is 6.38. The van der Waals surface area contributed by atoms with Crippen LogP contribution < -0.4 is 11.1 Å². The zero-order valence-electron chi connectivity index (χ0n) is 22.9. The van der Waals surface area contributed by atoms with E-state index in [4.69, 9.17) is 10.5 Å². The number of rotatable bonds is 10. The van der Waals surface area contributed by atoms with Crippen LogP contribution in [0.3, 0.4) is 0 Å². The van der Waals surface area contributed by atoms with Crippen molar-refractivity contribution in [2.45, 2.75) is 39.7 Å². The lowest BCUT2D eigenvalue weighted by molar-refractivity contribution is -0.127. The van der Waals surface area contributed by atoms with Gasteiger partial charge < -0.3 is 20.7 Å². The molecule has 1 aliphatic rings. The molecule has 0 unspecified atom stereocenters. The number of nitrogens with zero attached hydrogens (tertiary/aromatic N) is 2. The lowest BCUT2D eigenvalue weighted by Crippen LogP contribution is -2.34. The van der Waals surface area contributed by atoms with Crippen LogP contribution in [0.2, 0.25) is 0 Å². The molecule has 0 atom stereocenters. The normalized spacial score (nSPS) is 12.3. The summed E-state index contributed by atoms with van der Waals surface area (Å²) in [6.07, 6.45) is 3.79. The van der Waals surface area contributed by atoms with Gasteiger partial charge in [0, 0.05) is 41.9 Å². The molecule has 0 bridgehead atoms. The molecular weight excluding hydrogens is 504 g/mol. The first-order valence-corrected chi connectivity index (χ1v) is 13.5. The molecule has 206 valence electrons. The molecule has 2 amide bonds. The predicted octanol–water partition coefficient (Wildman–Crippen LogP) is 5.72. The minimum Gasteiger partial charge on any atom is -0.457 e. The number of nitrogens with one attached hydrogen (secondary N) is 1. The van der Waals surface area contributed by atoms with Gasteiger partial charge in [-0.05, 0) is 54.8 Å². The van der Waals surface area contributed by atoms with Crippen LogP contribution in [0.4, 0.5) is 11.4 Å². The van der Waals surface area contributed by atoms with E-state index in [1.807, 2.05) is 55.2 Å². The summed E-state index contributed by atoms with van der Waals surface area (Å²) in [5, 5.41) is 2.83. The molecule has 8 nitrogen and oxygen atoms in total. The number of carbonyl (C=O) groups is 3. The number of hydrogen-bond acceptors (Lipinski definition) is 6. The molecule has 0 fully saturated rings. The third-order valence-corrected chi connectivity index (χ3v) is 6.38. The highest BCUT2D eigenvalue weighted by Crippen LogP contribution is 2.29. The summed E-state index contributed by atoms with van der Waals surface area (Å²) < 4.78 is 5.40. The Hall–Kier alpha value is -4.72. The fraction of sp³-hybridized carbons (Fsp3) is 0.250. The van der Waals surface area contributed by atoms with Crippen molar-refractivity contribution in [2.24, 2.45) is 10.7 Å². The topological polar surface area (TPSA) is 114 Å². The highest BCUT2D eigenvalue weighted by atomic mass is 16.5. The Labute approximate surface area is 234 Å². The van der Waals surface area contributed by atoms with Gasteiger partial charge in [0.05, 0.1) is 11.3 Å². The van der Waals surface area contributed by atoms with Gasteiger partial charge in [-0.15, -0.1) is 0 Å². The Morgan fingerprint density at radius 3 is 2.40 bits per heavy atom. The van der Waals surface area contributed by atoms with Crippen LogP contribution in [0, 0.1) is 0 Å². The Morgan fingerprint density at radius 2 is 1.68 bits per heavy atom. The number of nitrogens with two attached hydrogens (primary N) is 1. The number of aliphatic imine (C=N–C) groups is 1. The second-order valence-electron chi connectivity index (χ2n) is 9.61. The molecule has 0 radical (unpaired) electrons. The lowest BCUT2D eigenvalue weighted by atomic mass is 10.0. The van der Waals surface area contributed by atoms with Gasteiger partial charge >= 0.3 is 5.97 Å². The maximum Gasteiger partial charge on any atom is 0.338 e. The Bertz CT molecular complexity index is 1440. The number of anilines is 1. The fourth-order valence-electron chi connectivity index (χ4n) is 4.46. The summed E-state index contributed by atoms with van der Waals surface area (Å²) in [7, 11) is 0. The van der Waals surface area contributed by atoms with E-state index in [9.17, 15) is 14.4 Å². The van der Waals surface area contributed by atoms with Crippen molar-refractivity contribution in [3.8, 4) is 0 Å². The maximum absolute atomic E-state index is 13.2. The molecule has 0 saturated carbocycles. The zero-order valence-corrected chi connectivity index (χ0v) is 22.9. The molecule has 0 aromatic heterocycles. The molecule has 1 aliphatic heterocycles. The van der Waals surface area contributed by atoms with Gasteiger partial charge in [-0.2, -0.15) is 0 Å². The van der Waals surface area contributed by atoms with E-state index in [1.54, 1.807) is 42.5 Å². The smallest absolute Gasteiger partial charge is 0.338 e. The van der Waals surface area contributed by atoms with Gasteiger partial charge in [0.15, 0.2) is 0 Å². The average Bonchev–Trinajstić information content (AvgIpc) is 3.13. The SMILES string of the molecule is CCCN(CCC)C(=O)C1=Cc2ccc(C(=O)Nc3cccc(C(=O)OCc4ccccc4)c3)cc2N=C(N)C1. The Kier molecular flexibility index (Phi) is 9.46. The van der Waals surface area contributed by atoms with E-state index in [0.717, 1.165) is 24.0 Å². The van der Waals surface area contributed by atoms with Gasteiger partial charge in [0.2, 0.25) is 5.91 Å². The van der Waals surface area contributed by atoms with Gasteiger partial charge in [-0.25, -0.2) is 9.79 Å². The number of esters is 1. The van der Waals surface area contributed by atoms with Gasteiger partial charge in [0.1, 0.15) is 12.4 Å². The first-order chi connectivity index (χ1) is 19.4. The van der Waals surface area contributed by atoms with E-state index in [1.165, 1.54) is 0 Å². The van der Waals surface area contributed by atoms with Crippen molar-refractivity contribution in [1.29, 1.82) is 0 Å². The second kappa shape index (κ2) is 13.4. The van der Waals surface area contributed by atoms with E-state index in [-0.39, 0.29) is 24.8 Å². The van der Waals surface area contributed by atoms with Crippen molar-refractivity contribution in [3.05, 3.63) is 101 Å². The Balaban J connectivity index is 1.48. The largest absolute Gasteiger partial charge is 0.457 e. The number of carbonyl (C=O) groups excluding carboxylic acids is 3. The van der Waals surface area contributed by atoms with E-state index in [0.29, 0.717) is 47.0 Å². The van der Waals surface area contributed by atoms with E-state index in [2.05, 4.69) is 10.3 Å². The van der Waals surface area contributed by atoms with Crippen LogP contribution in [-0.4, -0.2) is 41.6 Å². The molecule has 0 aliphatic carbocycles. The quantitative estimate of drug-likeness (QED) is 0.321. The number of benzene rings is 3. The number of hydrogen-bond donors (Lipinski definition) is 2. The van der Waals surface area contributed by atoms with Crippen LogP contribution in [0.15, 0.2) is 83.4 Å². The molecule has 40 heavy (non-hydrogen) atoms. The van der Waals surface area contributed by atoms with E-state index >= 15 is 0 Å². The van der Waals surface area contributed by atoms with Crippen molar-refractivity contribution in [2.75, 3.05) is 18.4 Å². The van der Waals surface area contributed by atoms with Gasteiger partial charge in [0.25, 0.3) is 5.91 Å². The average molecular weight is 539 g/mol. The van der Waals surface area contributed by atoms with Crippen LogP contribution in [0.1, 0.15) is 65.0 Å². The monoisotopic (exact) mass is 538 g/mol. The van der Waals surface area contributed by atoms with E-state index < -0.39 is 5.97 Å². The minimum atomic E-state index is -0.483. The van der Waals surface area contributed by atoms with Gasteiger partial charge in [-0.1, -0.05) is 56.3 Å². The molecule has 3 aromatic rings. The van der Waals surface area contributed by atoms with Crippen molar-refractivity contribution in [1.82, 2.24) is 4.90 Å².